The number of rotatable bonds is 3. The van der Waals surface area contributed by atoms with Crippen molar-refractivity contribution in [2.75, 3.05) is 13.1 Å². The number of likely N-dealkylation sites (tertiary alicyclic amines) is 1. The molecule has 3 rings (SSSR count). The van der Waals surface area contributed by atoms with Crippen LogP contribution in [0.5, 0.6) is 0 Å². The first-order chi connectivity index (χ1) is 10.6. The number of nitrogens with zero attached hydrogens (tertiary/aromatic N) is 2. The van der Waals surface area contributed by atoms with Crippen molar-refractivity contribution < 1.29 is 9.21 Å². The molecular formula is C17H23Cl2N3O2. The monoisotopic (exact) mass is 371 g/mol. The van der Waals surface area contributed by atoms with Crippen LogP contribution in [-0.4, -0.2) is 34.9 Å². The molecular weight excluding hydrogens is 349 g/mol. The molecule has 3 heterocycles. The van der Waals surface area contributed by atoms with Gasteiger partial charge in [-0.2, -0.15) is 0 Å². The Balaban J connectivity index is 0.00000144. The fourth-order valence-electron chi connectivity index (χ4n) is 3.10. The van der Waals surface area contributed by atoms with Crippen molar-refractivity contribution in [2.24, 2.45) is 11.7 Å². The zero-order valence-electron chi connectivity index (χ0n) is 13.8. The van der Waals surface area contributed by atoms with E-state index in [9.17, 15) is 4.79 Å². The van der Waals surface area contributed by atoms with Crippen LogP contribution in [0.3, 0.4) is 0 Å². The standard InChI is InChI=1S/C17H21N3O2.2ClH/c1-11-8-13(9-18)10-20(11)17(21)14-5-6-15(19-12(14)2)16-4-3-7-22-16;;/h3-7,11,13H,8-10,18H2,1-2H3;2*1H. The Bertz CT molecular complexity index is 676. The second-order valence-electron chi connectivity index (χ2n) is 5.95. The van der Waals surface area contributed by atoms with Crippen molar-refractivity contribution in [2.45, 2.75) is 26.3 Å². The predicted molar refractivity (Wildman–Crippen MR) is 98.8 cm³/mol. The molecule has 24 heavy (non-hydrogen) atoms. The number of carbonyl (C=O) groups excluding carboxylic acids is 1. The molecule has 2 N–H and O–H groups in total. The first kappa shape index (κ1) is 20.5. The topological polar surface area (TPSA) is 72.4 Å². The van der Waals surface area contributed by atoms with Crippen molar-refractivity contribution >= 4 is 30.7 Å². The zero-order chi connectivity index (χ0) is 15.7. The number of nitrogens with two attached hydrogens (primary N) is 1. The lowest BCUT2D eigenvalue weighted by atomic mass is 10.1. The van der Waals surface area contributed by atoms with E-state index < -0.39 is 0 Å². The summed E-state index contributed by atoms with van der Waals surface area (Å²) >= 11 is 0. The molecule has 0 saturated carbocycles. The van der Waals surface area contributed by atoms with Gasteiger partial charge in [-0.05, 0) is 57.0 Å². The van der Waals surface area contributed by atoms with Gasteiger partial charge in [0.25, 0.3) is 5.91 Å². The van der Waals surface area contributed by atoms with E-state index in [0.717, 1.165) is 24.4 Å². The minimum absolute atomic E-state index is 0. The van der Waals surface area contributed by atoms with Crippen LogP contribution in [0.4, 0.5) is 0 Å². The molecule has 1 amide bonds. The number of aromatic nitrogens is 1. The Morgan fingerprint density at radius 3 is 2.67 bits per heavy atom. The molecule has 1 aliphatic rings. The third-order valence-electron chi connectivity index (χ3n) is 4.35. The van der Waals surface area contributed by atoms with Gasteiger partial charge in [0.2, 0.25) is 0 Å². The van der Waals surface area contributed by atoms with Gasteiger partial charge in [0.15, 0.2) is 5.76 Å². The van der Waals surface area contributed by atoms with Crippen LogP contribution in [0.2, 0.25) is 0 Å². The highest BCUT2D eigenvalue weighted by Crippen LogP contribution is 2.26. The Morgan fingerprint density at radius 1 is 1.38 bits per heavy atom. The van der Waals surface area contributed by atoms with Gasteiger partial charge in [-0.1, -0.05) is 0 Å². The third kappa shape index (κ3) is 3.91. The summed E-state index contributed by atoms with van der Waals surface area (Å²) in [5.74, 6) is 1.15. The van der Waals surface area contributed by atoms with Gasteiger partial charge >= 0.3 is 0 Å². The van der Waals surface area contributed by atoms with Crippen LogP contribution in [0.15, 0.2) is 34.9 Å². The summed E-state index contributed by atoms with van der Waals surface area (Å²) in [6.07, 6.45) is 2.59. The average Bonchev–Trinajstić information content (AvgIpc) is 3.15. The fourth-order valence-corrected chi connectivity index (χ4v) is 3.10. The highest BCUT2D eigenvalue weighted by molar-refractivity contribution is 5.95. The highest BCUT2D eigenvalue weighted by atomic mass is 35.5. The van der Waals surface area contributed by atoms with Gasteiger partial charge < -0.3 is 15.1 Å². The van der Waals surface area contributed by atoms with Crippen LogP contribution in [-0.2, 0) is 0 Å². The maximum Gasteiger partial charge on any atom is 0.255 e. The second kappa shape index (κ2) is 8.51. The lowest BCUT2D eigenvalue weighted by Crippen LogP contribution is -2.35. The maximum absolute atomic E-state index is 12.8. The number of furan rings is 1. The van der Waals surface area contributed by atoms with Gasteiger partial charge in [0.1, 0.15) is 5.69 Å². The number of aryl methyl sites for hydroxylation is 1. The molecule has 2 aromatic rings. The quantitative estimate of drug-likeness (QED) is 0.897. The van der Waals surface area contributed by atoms with Crippen LogP contribution in [0.1, 0.15) is 29.4 Å². The van der Waals surface area contributed by atoms with Crippen molar-refractivity contribution in [1.29, 1.82) is 0 Å². The van der Waals surface area contributed by atoms with E-state index in [1.807, 2.05) is 36.1 Å². The van der Waals surface area contributed by atoms with E-state index in [2.05, 4.69) is 11.9 Å². The van der Waals surface area contributed by atoms with E-state index in [1.165, 1.54) is 0 Å². The number of carbonyl (C=O) groups is 1. The molecule has 132 valence electrons. The van der Waals surface area contributed by atoms with E-state index >= 15 is 0 Å². The summed E-state index contributed by atoms with van der Waals surface area (Å²) in [6, 6.07) is 7.58. The summed E-state index contributed by atoms with van der Waals surface area (Å²) in [7, 11) is 0. The largest absolute Gasteiger partial charge is 0.463 e. The third-order valence-corrected chi connectivity index (χ3v) is 4.35. The van der Waals surface area contributed by atoms with Crippen molar-refractivity contribution in [3.63, 3.8) is 0 Å². The number of pyridine rings is 1. The number of hydrogen-bond donors (Lipinski definition) is 1. The second-order valence-corrected chi connectivity index (χ2v) is 5.95. The van der Waals surface area contributed by atoms with Gasteiger partial charge in [-0.3, -0.25) is 4.79 Å². The minimum Gasteiger partial charge on any atom is -0.463 e. The molecule has 1 aliphatic heterocycles. The van der Waals surface area contributed by atoms with Crippen molar-refractivity contribution in [3.05, 3.63) is 41.8 Å². The molecule has 0 aliphatic carbocycles. The SMILES string of the molecule is Cc1nc(-c2ccco2)ccc1C(=O)N1CC(CN)CC1C.Cl.Cl. The van der Waals surface area contributed by atoms with Crippen LogP contribution in [0.25, 0.3) is 11.5 Å². The number of amides is 1. The molecule has 0 aromatic carbocycles. The Hall–Kier alpha value is -1.56. The number of hydrogen-bond acceptors (Lipinski definition) is 4. The first-order valence-electron chi connectivity index (χ1n) is 7.62. The van der Waals surface area contributed by atoms with E-state index in [0.29, 0.717) is 23.8 Å². The van der Waals surface area contributed by atoms with Crippen molar-refractivity contribution in [3.8, 4) is 11.5 Å². The van der Waals surface area contributed by atoms with Gasteiger partial charge in [-0.25, -0.2) is 4.98 Å². The average molecular weight is 372 g/mol. The Morgan fingerprint density at radius 2 is 2.12 bits per heavy atom. The van der Waals surface area contributed by atoms with Gasteiger partial charge in [0, 0.05) is 12.6 Å². The summed E-state index contributed by atoms with van der Waals surface area (Å²) in [5.41, 5.74) is 7.86. The molecule has 1 fully saturated rings. The fraction of sp³-hybridized carbons (Fsp3) is 0.412. The highest BCUT2D eigenvalue weighted by Gasteiger charge is 2.32. The minimum atomic E-state index is 0. The predicted octanol–water partition coefficient (Wildman–Crippen LogP) is 3.30. The smallest absolute Gasteiger partial charge is 0.255 e. The van der Waals surface area contributed by atoms with Crippen LogP contribution < -0.4 is 5.73 Å². The van der Waals surface area contributed by atoms with E-state index in [1.54, 1.807) is 6.26 Å². The van der Waals surface area contributed by atoms with E-state index in [4.69, 9.17) is 10.2 Å². The summed E-state index contributed by atoms with van der Waals surface area (Å²) in [6.45, 7) is 5.30. The van der Waals surface area contributed by atoms with Crippen LogP contribution in [0, 0.1) is 12.8 Å². The lowest BCUT2D eigenvalue weighted by Gasteiger charge is -2.22. The molecule has 5 nitrogen and oxygen atoms in total. The zero-order valence-corrected chi connectivity index (χ0v) is 15.4. The lowest BCUT2D eigenvalue weighted by molar-refractivity contribution is 0.0742. The molecule has 2 atom stereocenters. The maximum atomic E-state index is 12.8. The van der Waals surface area contributed by atoms with Crippen molar-refractivity contribution in [1.82, 2.24) is 9.88 Å². The van der Waals surface area contributed by atoms with Gasteiger partial charge in [-0.15, -0.1) is 24.8 Å². The summed E-state index contributed by atoms with van der Waals surface area (Å²) < 4.78 is 5.35. The summed E-state index contributed by atoms with van der Waals surface area (Å²) in [4.78, 5) is 19.2. The molecule has 2 unspecified atom stereocenters. The molecule has 0 radical (unpaired) electrons. The molecule has 1 saturated heterocycles. The molecule has 7 heteroatoms. The normalized spacial score (nSPS) is 19.5. The Labute approximate surface area is 154 Å². The number of halogens is 2. The molecule has 2 aromatic heterocycles. The van der Waals surface area contributed by atoms with Gasteiger partial charge in [0.05, 0.1) is 17.5 Å². The molecule has 0 bridgehead atoms. The molecule has 0 spiro atoms. The first-order valence-corrected chi connectivity index (χ1v) is 7.62. The van der Waals surface area contributed by atoms with E-state index in [-0.39, 0.29) is 36.8 Å². The Kier molecular flexibility index (Phi) is 7.27. The summed E-state index contributed by atoms with van der Waals surface area (Å²) in [5, 5.41) is 0. The van der Waals surface area contributed by atoms with Crippen LogP contribution >= 0.6 is 24.8 Å².